The summed E-state index contributed by atoms with van der Waals surface area (Å²) in [6.45, 7) is -0.289. The normalized spacial score (nSPS) is 20.9. The molecule has 2 aromatic rings. The first-order chi connectivity index (χ1) is 14.2. The first kappa shape index (κ1) is 20.4. The molecule has 1 saturated heterocycles. The van der Waals surface area contributed by atoms with Gasteiger partial charge in [0.15, 0.2) is 10.7 Å². The molecule has 0 aromatic heterocycles. The van der Waals surface area contributed by atoms with Crippen LogP contribution >= 0.6 is 0 Å². The smallest absolute Gasteiger partial charge is 0.246 e. The number of benzene rings is 2. The molecule has 1 atom stereocenters. The van der Waals surface area contributed by atoms with E-state index in [9.17, 15) is 26.8 Å². The zero-order chi connectivity index (χ0) is 21.5. The number of likely N-dealkylation sites (tertiary alicyclic amines) is 1. The Morgan fingerprint density at radius 3 is 2.57 bits per heavy atom. The topological polar surface area (TPSA) is 92.8 Å². The lowest BCUT2D eigenvalue weighted by Crippen LogP contribution is -2.46. The van der Waals surface area contributed by atoms with Crippen molar-refractivity contribution in [3.63, 3.8) is 0 Å². The number of Topliss-reactive ketones (excluding diaryl/α,β-unsaturated/α-hetero) is 1. The van der Waals surface area contributed by atoms with E-state index in [4.69, 9.17) is 4.74 Å². The molecule has 1 fully saturated rings. The lowest BCUT2D eigenvalue weighted by atomic mass is 9.89. The van der Waals surface area contributed by atoms with E-state index in [2.05, 4.69) is 0 Å². The summed E-state index contributed by atoms with van der Waals surface area (Å²) in [5.41, 5.74) is -0.370. The van der Waals surface area contributed by atoms with Crippen molar-refractivity contribution in [1.82, 2.24) is 9.62 Å². The highest BCUT2D eigenvalue weighted by atomic mass is 32.2. The maximum Gasteiger partial charge on any atom is 0.246 e. The van der Waals surface area contributed by atoms with Crippen molar-refractivity contribution in [3.05, 3.63) is 59.7 Å². The summed E-state index contributed by atoms with van der Waals surface area (Å²) in [6, 6.07) is 9.54. The van der Waals surface area contributed by atoms with Crippen LogP contribution in [0.5, 0.6) is 5.75 Å². The van der Waals surface area contributed by atoms with Gasteiger partial charge in [-0.2, -0.15) is 0 Å². The van der Waals surface area contributed by atoms with E-state index < -0.39 is 44.6 Å². The predicted molar refractivity (Wildman–Crippen MR) is 101 cm³/mol. The molecular formula is C20H18F2N2O5S. The molecule has 0 aliphatic carbocycles. The van der Waals surface area contributed by atoms with E-state index in [1.165, 1.54) is 4.90 Å². The number of halogens is 2. The van der Waals surface area contributed by atoms with Gasteiger partial charge in [-0.25, -0.2) is 21.9 Å². The largest absolute Gasteiger partial charge is 0.484 e. The summed E-state index contributed by atoms with van der Waals surface area (Å²) in [5.74, 6) is -2.70. The van der Waals surface area contributed by atoms with E-state index >= 15 is 0 Å². The highest BCUT2D eigenvalue weighted by Crippen LogP contribution is 2.38. The lowest BCUT2D eigenvalue weighted by molar-refractivity contribution is -0.129. The van der Waals surface area contributed by atoms with E-state index in [0.717, 1.165) is 18.2 Å². The summed E-state index contributed by atoms with van der Waals surface area (Å²) >= 11 is 0. The Morgan fingerprint density at radius 1 is 1.13 bits per heavy atom. The maximum absolute atomic E-state index is 13.8. The van der Waals surface area contributed by atoms with Crippen LogP contribution in [0.2, 0.25) is 0 Å². The molecule has 0 radical (unpaired) electrons. The van der Waals surface area contributed by atoms with Gasteiger partial charge in [-0.15, -0.1) is 0 Å². The molecule has 2 heterocycles. The van der Waals surface area contributed by atoms with Crippen LogP contribution in [0.15, 0.2) is 47.4 Å². The number of carbonyl (C=O) groups is 2. The van der Waals surface area contributed by atoms with Gasteiger partial charge >= 0.3 is 0 Å². The SMILES string of the molecule is O=C1CC2(CCN(C(=O)CNS(=O)(=O)c3c(F)cccc3F)C2)Oc2ccccc21. The Hall–Kier alpha value is -2.85. The number of hydrogen-bond donors (Lipinski definition) is 1. The number of para-hydroxylation sites is 1. The molecule has 4 rings (SSSR count). The van der Waals surface area contributed by atoms with Gasteiger partial charge in [-0.1, -0.05) is 18.2 Å². The van der Waals surface area contributed by atoms with Gasteiger partial charge in [0.2, 0.25) is 15.9 Å². The summed E-state index contributed by atoms with van der Waals surface area (Å²) in [5, 5.41) is 0. The van der Waals surface area contributed by atoms with Crippen molar-refractivity contribution < 1.29 is 31.5 Å². The number of ketones is 1. The molecule has 7 nitrogen and oxygen atoms in total. The second-order valence-electron chi connectivity index (χ2n) is 7.32. The molecule has 2 aliphatic heterocycles. The number of carbonyl (C=O) groups excluding carboxylic acids is 2. The standard InChI is InChI=1S/C20H18F2N2O5S/c21-14-5-3-6-15(22)19(14)30(27,28)23-11-18(26)24-9-8-20(12-24)10-16(25)13-4-1-2-7-17(13)29-20/h1-7,23H,8-12H2. The Bertz CT molecular complexity index is 1120. The number of rotatable bonds is 4. The van der Waals surface area contributed by atoms with Gasteiger partial charge < -0.3 is 9.64 Å². The van der Waals surface area contributed by atoms with Crippen LogP contribution in [0, 0.1) is 11.6 Å². The number of hydrogen-bond acceptors (Lipinski definition) is 5. The number of nitrogens with zero attached hydrogens (tertiary/aromatic N) is 1. The second kappa shape index (κ2) is 7.44. The van der Waals surface area contributed by atoms with Gasteiger partial charge in [-0.05, 0) is 24.3 Å². The molecule has 1 unspecified atom stereocenters. The summed E-state index contributed by atoms with van der Waals surface area (Å²) in [7, 11) is -4.56. The fraction of sp³-hybridized carbons (Fsp3) is 0.300. The van der Waals surface area contributed by atoms with Gasteiger partial charge in [0.05, 0.1) is 25.1 Å². The van der Waals surface area contributed by atoms with Crippen LogP contribution < -0.4 is 9.46 Å². The molecule has 158 valence electrons. The average Bonchev–Trinajstić information content (AvgIpc) is 3.09. The summed E-state index contributed by atoms with van der Waals surface area (Å²) < 4.78 is 60.0. The Morgan fingerprint density at radius 2 is 1.83 bits per heavy atom. The third-order valence-corrected chi connectivity index (χ3v) is 6.72. The highest BCUT2D eigenvalue weighted by Gasteiger charge is 2.46. The average molecular weight is 436 g/mol. The zero-order valence-electron chi connectivity index (χ0n) is 15.7. The van der Waals surface area contributed by atoms with Crippen molar-refractivity contribution >= 4 is 21.7 Å². The fourth-order valence-electron chi connectivity index (χ4n) is 3.81. The van der Waals surface area contributed by atoms with E-state index in [0.29, 0.717) is 17.7 Å². The number of fused-ring (bicyclic) bond motifs is 1. The van der Waals surface area contributed by atoms with Crippen LogP contribution in [0.1, 0.15) is 23.2 Å². The van der Waals surface area contributed by atoms with Crippen molar-refractivity contribution in [1.29, 1.82) is 0 Å². The lowest BCUT2D eigenvalue weighted by Gasteiger charge is -2.34. The second-order valence-corrected chi connectivity index (χ2v) is 9.03. The van der Waals surface area contributed by atoms with Gasteiger partial charge in [-0.3, -0.25) is 9.59 Å². The third kappa shape index (κ3) is 3.68. The molecule has 0 saturated carbocycles. The van der Waals surface area contributed by atoms with Gasteiger partial charge in [0, 0.05) is 13.0 Å². The molecule has 1 N–H and O–H groups in total. The minimum atomic E-state index is -4.56. The minimum absolute atomic E-state index is 0.0816. The molecule has 2 aromatic carbocycles. The van der Waals surface area contributed by atoms with Crippen LogP contribution in [0.25, 0.3) is 0 Å². The molecule has 10 heteroatoms. The van der Waals surface area contributed by atoms with Crippen molar-refractivity contribution in [2.24, 2.45) is 0 Å². The van der Waals surface area contributed by atoms with Crippen LogP contribution in [0.4, 0.5) is 8.78 Å². The number of nitrogens with one attached hydrogen (secondary N) is 1. The van der Waals surface area contributed by atoms with Crippen molar-refractivity contribution in [2.75, 3.05) is 19.6 Å². The van der Waals surface area contributed by atoms with E-state index in [1.807, 2.05) is 4.72 Å². The molecule has 1 spiro atoms. The van der Waals surface area contributed by atoms with Gasteiger partial charge in [0.25, 0.3) is 0 Å². The van der Waals surface area contributed by atoms with Crippen LogP contribution in [-0.4, -0.2) is 50.2 Å². The number of amides is 1. The Labute approximate surface area is 171 Å². The van der Waals surface area contributed by atoms with E-state index in [1.54, 1.807) is 24.3 Å². The Kier molecular flexibility index (Phi) is 5.07. The van der Waals surface area contributed by atoms with Gasteiger partial charge in [0.1, 0.15) is 23.0 Å². The van der Waals surface area contributed by atoms with Crippen molar-refractivity contribution in [2.45, 2.75) is 23.3 Å². The first-order valence-corrected chi connectivity index (χ1v) is 10.7. The minimum Gasteiger partial charge on any atom is -0.484 e. The van der Waals surface area contributed by atoms with Crippen LogP contribution in [-0.2, 0) is 14.8 Å². The molecular weight excluding hydrogens is 418 g/mol. The predicted octanol–water partition coefficient (Wildman–Crippen LogP) is 1.88. The molecule has 1 amide bonds. The monoisotopic (exact) mass is 436 g/mol. The quantitative estimate of drug-likeness (QED) is 0.790. The zero-order valence-corrected chi connectivity index (χ0v) is 16.5. The maximum atomic E-state index is 13.8. The molecule has 0 bridgehead atoms. The van der Waals surface area contributed by atoms with Crippen LogP contribution in [0.3, 0.4) is 0 Å². The summed E-state index contributed by atoms with van der Waals surface area (Å²) in [4.78, 5) is 25.2. The summed E-state index contributed by atoms with van der Waals surface area (Å²) in [6.07, 6.45) is 0.521. The molecule has 2 aliphatic rings. The molecule has 30 heavy (non-hydrogen) atoms. The third-order valence-electron chi connectivity index (χ3n) is 5.27. The fourth-order valence-corrected chi connectivity index (χ4v) is 4.92. The first-order valence-electron chi connectivity index (χ1n) is 9.23. The highest BCUT2D eigenvalue weighted by molar-refractivity contribution is 7.89. The number of sulfonamides is 1. The Balaban J connectivity index is 1.43. The van der Waals surface area contributed by atoms with E-state index in [-0.39, 0.29) is 25.3 Å². The van der Waals surface area contributed by atoms with Crippen molar-refractivity contribution in [3.8, 4) is 5.75 Å². The number of ether oxygens (including phenoxy) is 1.